The lowest BCUT2D eigenvalue weighted by molar-refractivity contribution is 0.687. The Kier molecular flexibility index (Phi) is 3.06. The molecule has 1 aromatic heterocycles. The third-order valence-electron chi connectivity index (χ3n) is 3.33. The predicted molar refractivity (Wildman–Crippen MR) is 73.2 cm³/mol. The van der Waals surface area contributed by atoms with Gasteiger partial charge in [-0.15, -0.1) is 0 Å². The largest absolute Gasteiger partial charge is 0.310 e. The van der Waals surface area contributed by atoms with Crippen molar-refractivity contribution in [3.8, 4) is 17.3 Å². The average molecular weight is 252 g/mol. The summed E-state index contributed by atoms with van der Waals surface area (Å²) in [6, 6.07) is 10.5. The van der Waals surface area contributed by atoms with Crippen molar-refractivity contribution in [1.82, 2.24) is 15.1 Å². The van der Waals surface area contributed by atoms with E-state index in [0.29, 0.717) is 11.6 Å². The summed E-state index contributed by atoms with van der Waals surface area (Å²) in [5, 5.41) is 17.0. The summed E-state index contributed by atoms with van der Waals surface area (Å²) < 4.78 is 1.83. The fraction of sp³-hybridized carbons (Fsp3) is 0.333. The van der Waals surface area contributed by atoms with Crippen LogP contribution in [0.25, 0.3) is 11.3 Å². The summed E-state index contributed by atoms with van der Waals surface area (Å²) in [6.07, 6.45) is 4.60. The summed E-state index contributed by atoms with van der Waals surface area (Å²) in [4.78, 5) is 0. The highest BCUT2D eigenvalue weighted by atomic mass is 15.3. The van der Waals surface area contributed by atoms with E-state index in [9.17, 15) is 0 Å². The van der Waals surface area contributed by atoms with Crippen LogP contribution in [0, 0.1) is 11.3 Å². The molecule has 2 aromatic rings. The van der Waals surface area contributed by atoms with Crippen LogP contribution in [0.5, 0.6) is 0 Å². The molecule has 0 amide bonds. The molecule has 0 atom stereocenters. The Bertz CT molecular complexity index is 632. The summed E-state index contributed by atoms with van der Waals surface area (Å²) in [6.45, 7) is 0.838. The molecular weight excluding hydrogens is 236 g/mol. The minimum absolute atomic E-state index is 0.671. The Balaban J connectivity index is 1.91. The lowest BCUT2D eigenvalue weighted by atomic mass is 10.1. The maximum atomic E-state index is 8.98. The van der Waals surface area contributed by atoms with Crippen LogP contribution in [-0.4, -0.2) is 15.8 Å². The van der Waals surface area contributed by atoms with E-state index in [-0.39, 0.29) is 0 Å². The van der Waals surface area contributed by atoms with Crippen LogP contribution in [0.1, 0.15) is 24.0 Å². The number of nitrogens with one attached hydrogen (secondary N) is 1. The number of nitriles is 1. The van der Waals surface area contributed by atoms with Crippen LogP contribution in [-0.2, 0) is 13.6 Å². The van der Waals surface area contributed by atoms with E-state index in [1.165, 1.54) is 18.4 Å². The molecule has 0 spiro atoms. The molecule has 1 aliphatic rings. The normalized spacial score (nSPS) is 14.3. The molecule has 0 aliphatic heterocycles. The molecule has 4 nitrogen and oxygen atoms in total. The van der Waals surface area contributed by atoms with Crippen LogP contribution in [0.2, 0.25) is 0 Å². The summed E-state index contributed by atoms with van der Waals surface area (Å²) in [7, 11) is 1.93. The molecule has 0 bridgehead atoms. The van der Waals surface area contributed by atoms with Gasteiger partial charge in [-0.1, -0.05) is 12.1 Å². The quantitative estimate of drug-likeness (QED) is 0.907. The van der Waals surface area contributed by atoms with E-state index in [1.54, 1.807) is 0 Å². The van der Waals surface area contributed by atoms with Gasteiger partial charge in [0, 0.05) is 37.0 Å². The molecule has 96 valence electrons. The van der Waals surface area contributed by atoms with Crippen molar-refractivity contribution in [3.05, 3.63) is 41.6 Å². The van der Waals surface area contributed by atoms with Gasteiger partial charge >= 0.3 is 0 Å². The number of hydrogen-bond acceptors (Lipinski definition) is 3. The lowest BCUT2D eigenvalue weighted by Gasteiger charge is -2.04. The van der Waals surface area contributed by atoms with Crippen molar-refractivity contribution >= 4 is 0 Å². The van der Waals surface area contributed by atoms with Gasteiger partial charge in [-0.25, -0.2) is 0 Å². The monoisotopic (exact) mass is 252 g/mol. The molecule has 4 heteroatoms. The second-order valence-corrected chi connectivity index (χ2v) is 5.02. The molecule has 1 saturated carbocycles. The zero-order valence-corrected chi connectivity index (χ0v) is 10.9. The molecule has 1 heterocycles. The van der Waals surface area contributed by atoms with E-state index >= 15 is 0 Å². The number of aromatic nitrogens is 2. The summed E-state index contributed by atoms with van der Waals surface area (Å²) in [5.74, 6) is 0. The molecule has 1 aromatic carbocycles. The van der Waals surface area contributed by atoms with E-state index in [0.717, 1.165) is 17.8 Å². The number of aryl methyl sites for hydroxylation is 1. The molecule has 1 N–H and O–H groups in total. The zero-order chi connectivity index (χ0) is 13.2. The fourth-order valence-corrected chi connectivity index (χ4v) is 2.19. The number of rotatable bonds is 4. The molecule has 0 saturated heterocycles. The maximum Gasteiger partial charge on any atom is 0.0991 e. The molecule has 0 radical (unpaired) electrons. The minimum atomic E-state index is 0.671. The van der Waals surface area contributed by atoms with Crippen molar-refractivity contribution in [2.24, 2.45) is 7.05 Å². The first-order valence-corrected chi connectivity index (χ1v) is 6.52. The zero-order valence-electron chi connectivity index (χ0n) is 10.9. The van der Waals surface area contributed by atoms with E-state index in [4.69, 9.17) is 5.26 Å². The van der Waals surface area contributed by atoms with Gasteiger partial charge in [-0.3, -0.25) is 4.68 Å². The number of benzene rings is 1. The highest BCUT2D eigenvalue weighted by Gasteiger charge is 2.21. The molecule has 3 rings (SSSR count). The van der Waals surface area contributed by atoms with E-state index in [2.05, 4.69) is 16.5 Å². The molecular formula is C15H16N4. The molecule has 0 unspecified atom stereocenters. The van der Waals surface area contributed by atoms with Gasteiger partial charge in [0.25, 0.3) is 0 Å². The third-order valence-corrected chi connectivity index (χ3v) is 3.33. The van der Waals surface area contributed by atoms with Gasteiger partial charge in [0.05, 0.1) is 17.3 Å². The first-order valence-electron chi connectivity index (χ1n) is 6.52. The van der Waals surface area contributed by atoms with Gasteiger partial charge in [0.2, 0.25) is 0 Å². The van der Waals surface area contributed by atoms with E-state index in [1.807, 2.05) is 42.2 Å². The number of hydrogen-bond donors (Lipinski definition) is 1. The maximum absolute atomic E-state index is 8.98. The first kappa shape index (κ1) is 11.9. The van der Waals surface area contributed by atoms with Gasteiger partial charge < -0.3 is 5.32 Å². The lowest BCUT2D eigenvalue weighted by Crippen LogP contribution is -2.15. The Morgan fingerprint density at radius 2 is 2.32 bits per heavy atom. The predicted octanol–water partition coefficient (Wildman–Crippen LogP) is 2.21. The van der Waals surface area contributed by atoms with Gasteiger partial charge in [0.1, 0.15) is 0 Å². The molecule has 1 fully saturated rings. The third kappa shape index (κ3) is 2.67. The smallest absolute Gasteiger partial charge is 0.0991 e. The SMILES string of the molecule is Cn1cc(CNC2CC2)c(-c2cccc(C#N)c2)n1. The Morgan fingerprint density at radius 3 is 3.05 bits per heavy atom. The van der Waals surface area contributed by atoms with Crippen LogP contribution >= 0.6 is 0 Å². The second-order valence-electron chi connectivity index (χ2n) is 5.02. The highest BCUT2D eigenvalue weighted by molar-refractivity contribution is 5.64. The standard InChI is InChI=1S/C15H16N4/c1-19-10-13(9-17-14-5-6-14)15(18-19)12-4-2-3-11(7-12)8-16/h2-4,7,10,14,17H,5-6,9H2,1H3. The van der Waals surface area contributed by atoms with Crippen LogP contribution in [0.4, 0.5) is 0 Å². The average Bonchev–Trinajstić information content (AvgIpc) is 3.19. The van der Waals surface area contributed by atoms with Crippen molar-refractivity contribution in [2.45, 2.75) is 25.4 Å². The Hall–Kier alpha value is -2.12. The van der Waals surface area contributed by atoms with Crippen molar-refractivity contribution in [2.75, 3.05) is 0 Å². The Labute approximate surface area is 112 Å². The van der Waals surface area contributed by atoms with Gasteiger partial charge in [0.15, 0.2) is 0 Å². The van der Waals surface area contributed by atoms with Crippen molar-refractivity contribution in [3.63, 3.8) is 0 Å². The van der Waals surface area contributed by atoms with Crippen LogP contribution < -0.4 is 5.32 Å². The van der Waals surface area contributed by atoms with Gasteiger partial charge in [-0.05, 0) is 25.0 Å². The van der Waals surface area contributed by atoms with Crippen molar-refractivity contribution in [1.29, 1.82) is 5.26 Å². The first-order chi connectivity index (χ1) is 9.26. The molecule has 19 heavy (non-hydrogen) atoms. The highest BCUT2D eigenvalue weighted by Crippen LogP contribution is 2.24. The fourth-order valence-electron chi connectivity index (χ4n) is 2.19. The summed E-state index contributed by atoms with van der Waals surface area (Å²) in [5.41, 5.74) is 3.83. The number of nitrogens with zero attached hydrogens (tertiary/aromatic N) is 3. The van der Waals surface area contributed by atoms with Crippen LogP contribution in [0.15, 0.2) is 30.5 Å². The van der Waals surface area contributed by atoms with Crippen LogP contribution in [0.3, 0.4) is 0 Å². The van der Waals surface area contributed by atoms with Gasteiger partial charge in [-0.2, -0.15) is 10.4 Å². The molecule has 1 aliphatic carbocycles. The van der Waals surface area contributed by atoms with Crippen molar-refractivity contribution < 1.29 is 0 Å². The second kappa shape index (κ2) is 4.87. The Morgan fingerprint density at radius 1 is 1.47 bits per heavy atom. The summed E-state index contributed by atoms with van der Waals surface area (Å²) >= 11 is 0. The minimum Gasteiger partial charge on any atom is -0.310 e. The van der Waals surface area contributed by atoms with E-state index < -0.39 is 0 Å². The topological polar surface area (TPSA) is 53.6 Å².